The smallest absolute Gasteiger partial charge is 0.272 e. The van der Waals surface area contributed by atoms with Gasteiger partial charge in [0.25, 0.3) is 5.69 Å². The number of benzene rings is 1. The topological polar surface area (TPSA) is 73.6 Å². The predicted octanol–water partition coefficient (Wildman–Crippen LogP) is 2.27. The molecule has 1 aromatic rings. The van der Waals surface area contributed by atoms with E-state index in [-0.39, 0.29) is 29.7 Å². The zero-order valence-corrected chi connectivity index (χ0v) is 12.0. The van der Waals surface area contributed by atoms with Crippen molar-refractivity contribution < 1.29 is 18.8 Å². The zero-order chi connectivity index (χ0) is 15.4. The van der Waals surface area contributed by atoms with Crippen LogP contribution in [0.5, 0.6) is 5.75 Å². The van der Waals surface area contributed by atoms with Gasteiger partial charge in [-0.2, -0.15) is 0 Å². The van der Waals surface area contributed by atoms with Gasteiger partial charge in [-0.1, -0.05) is 6.92 Å². The third-order valence-corrected chi connectivity index (χ3v) is 3.48. The van der Waals surface area contributed by atoms with Gasteiger partial charge < -0.3 is 14.8 Å². The Bertz CT molecular complexity index is 512. The molecule has 21 heavy (non-hydrogen) atoms. The van der Waals surface area contributed by atoms with Crippen LogP contribution in [-0.2, 0) is 4.74 Å². The van der Waals surface area contributed by atoms with E-state index in [1.165, 1.54) is 12.1 Å². The maximum Gasteiger partial charge on any atom is 0.272 e. The lowest BCUT2D eigenvalue weighted by Gasteiger charge is -2.44. The van der Waals surface area contributed by atoms with Crippen LogP contribution in [0.25, 0.3) is 0 Å². The summed E-state index contributed by atoms with van der Waals surface area (Å²) < 4.78 is 25.0. The first-order valence-corrected chi connectivity index (χ1v) is 7.02. The second kappa shape index (κ2) is 6.82. The van der Waals surface area contributed by atoms with Crippen LogP contribution in [-0.4, -0.2) is 36.3 Å². The monoisotopic (exact) mass is 298 g/mol. The number of nitrogens with one attached hydrogen (secondary N) is 1. The summed E-state index contributed by atoms with van der Waals surface area (Å²) in [5.41, 5.74) is -0.291. The van der Waals surface area contributed by atoms with Crippen molar-refractivity contribution in [1.29, 1.82) is 0 Å². The van der Waals surface area contributed by atoms with E-state index in [1.54, 1.807) is 0 Å². The van der Waals surface area contributed by atoms with E-state index in [0.29, 0.717) is 6.61 Å². The predicted molar refractivity (Wildman–Crippen MR) is 75.0 cm³/mol. The number of nitro benzene ring substituents is 1. The summed E-state index contributed by atoms with van der Waals surface area (Å²) in [6, 6.07) is 3.58. The number of non-ortho nitro benzene ring substituents is 1. The molecule has 1 aromatic carbocycles. The first-order valence-electron chi connectivity index (χ1n) is 7.02. The minimum absolute atomic E-state index is 0.0188. The highest BCUT2D eigenvalue weighted by atomic mass is 19.1. The van der Waals surface area contributed by atoms with Crippen molar-refractivity contribution in [3.8, 4) is 5.75 Å². The highest BCUT2D eigenvalue weighted by Gasteiger charge is 2.43. The fourth-order valence-electron chi connectivity index (χ4n) is 2.44. The molecular formula is C14H19FN2O4. The normalized spacial score (nSPS) is 24.4. The summed E-state index contributed by atoms with van der Waals surface area (Å²) in [5.74, 6) is -0.711. The Hall–Kier alpha value is -1.73. The molecule has 0 bridgehead atoms. The molecule has 0 aliphatic heterocycles. The minimum Gasteiger partial charge on any atom is -0.485 e. The molecule has 0 spiro atoms. The molecule has 3 unspecified atom stereocenters. The second-order valence-electron chi connectivity index (χ2n) is 4.85. The Morgan fingerprint density at radius 1 is 1.48 bits per heavy atom. The van der Waals surface area contributed by atoms with Crippen molar-refractivity contribution >= 4 is 5.69 Å². The van der Waals surface area contributed by atoms with E-state index in [9.17, 15) is 14.5 Å². The minimum atomic E-state index is -0.730. The summed E-state index contributed by atoms with van der Waals surface area (Å²) in [4.78, 5) is 9.94. The molecule has 3 atom stereocenters. The van der Waals surface area contributed by atoms with E-state index >= 15 is 0 Å². The van der Waals surface area contributed by atoms with E-state index in [2.05, 4.69) is 5.32 Å². The van der Waals surface area contributed by atoms with Gasteiger partial charge in [0.15, 0.2) is 11.6 Å². The maximum absolute atomic E-state index is 13.8. The Labute approximate surface area is 122 Å². The molecule has 7 heteroatoms. The standard InChI is InChI=1S/C14H19FN2O4/c1-3-16-11-8-13(14(11)20-4-2)21-12-6-5-9(17(18)19)7-10(12)15/h5-7,11,13-14,16H,3-4,8H2,1-2H3. The number of nitro groups is 1. The highest BCUT2D eigenvalue weighted by molar-refractivity contribution is 5.37. The van der Waals surface area contributed by atoms with Crippen LogP contribution >= 0.6 is 0 Å². The molecule has 0 saturated heterocycles. The van der Waals surface area contributed by atoms with Gasteiger partial charge in [0.2, 0.25) is 0 Å². The SMILES string of the molecule is CCNC1CC(Oc2ccc([N+](=O)[O-])cc2F)C1OCC. The first kappa shape index (κ1) is 15.7. The van der Waals surface area contributed by atoms with Gasteiger partial charge in [-0.15, -0.1) is 0 Å². The number of rotatable bonds is 7. The quantitative estimate of drug-likeness (QED) is 0.617. The summed E-state index contributed by atoms with van der Waals surface area (Å²) >= 11 is 0. The van der Waals surface area contributed by atoms with Crippen LogP contribution in [0.15, 0.2) is 18.2 Å². The molecule has 1 aliphatic carbocycles. The lowest BCUT2D eigenvalue weighted by molar-refractivity contribution is -0.385. The molecule has 116 valence electrons. The molecule has 6 nitrogen and oxygen atoms in total. The molecule has 0 heterocycles. The van der Waals surface area contributed by atoms with Crippen LogP contribution in [0.1, 0.15) is 20.3 Å². The average molecular weight is 298 g/mol. The van der Waals surface area contributed by atoms with Crippen molar-refractivity contribution in [2.75, 3.05) is 13.2 Å². The number of halogens is 1. The molecule has 1 saturated carbocycles. The molecule has 2 rings (SSSR count). The van der Waals surface area contributed by atoms with Gasteiger partial charge >= 0.3 is 0 Å². The van der Waals surface area contributed by atoms with Crippen molar-refractivity contribution in [2.45, 2.75) is 38.5 Å². The Balaban J connectivity index is 2.03. The summed E-state index contributed by atoms with van der Waals surface area (Å²) in [7, 11) is 0. The van der Waals surface area contributed by atoms with Crippen LogP contribution in [0.2, 0.25) is 0 Å². The summed E-state index contributed by atoms with van der Waals surface area (Å²) in [6.45, 7) is 5.28. The van der Waals surface area contributed by atoms with Gasteiger partial charge in [0.05, 0.1) is 11.0 Å². The molecule has 1 N–H and O–H groups in total. The molecule has 0 amide bonds. The lowest BCUT2D eigenvalue weighted by atomic mass is 9.85. The summed E-state index contributed by atoms with van der Waals surface area (Å²) in [6.07, 6.45) is 0.337. The van der Waals surface area contributed by atoms with Gasteiger partial charge in [-0.25, -0.2) is 4.39 Å². The fourth-order valence-corrected chi connectivity index (χ4v) is 2.44. The van der Waals surface area contributed by atoms with Crippen LogP contribution in [0.4, 0.5) is 10.1 Å². The van der Waals surface area contributed by atoms with Gasteiger partial charge in [-0.3, -0.25) is 10.1 Å². The largest absolute Gasteiger partial charge is 0.485 e. The van der Waals surface area contributed by atoms with E-state index in [0.717, 1.165) is 19.0 Å². The number of hydrogen-bond donors (Lipinski definition) is 1. The first-order chi connectivity index (χ1) is 10.1. The van der Waals surface area contributed by atoms with Crippen molar-refractivity contribution in [2.24, 2.45) is 0 Å². The van der Waals surface area contributed by atoms with E-state index in [4.69, 9.17) is 9.47 Å². The van der Waals surface area contributed by atoms with Crippen molar-refractivity contribution in [3.63, 3.8) is 0 Å². The average Bonchev–Trinajstić information content (AvgIpc) is 2.45. The van der Waals surface area contributed by atoms with Crippen LogP contribution < -0.4 is 10.1 Å². The number of hydrogen-bond acceptors (Lipinski definition) is 5. The lowest BCUT2D eigenvalue weighted by Crippen LogP contribution is -2.61. The van der Waals surface area contributed by atoms with E-state index < -0.39 is 10.7 Å². The van der Waals surface area contributed by atoms with Crippen LogP contribution in [0, 0.1) is 15.9 Å². The Morgan fingerprint density at radius 2 is 2.24 bits per heavy atom. The highest BCUT2D eigenvalue weighted by Crippen LogP contribution is 2.31. The van der Waals surface area contributed by atoms with Crippen molar-refractivity contribution in [3.05, 3.63) is 34.1 Å². The number of ether oxygens (including phenoxy) is 2. The van der Waals surface area contributed by atoms with Gasteiger partial charge in [0, 0.05) is 25.1 Å². The van der Waals surface area contributed by atoms with Gasteiger partial charge in [0.1, 0.15) is 12.2 Å². The molecular weight excluding hydrogens is 279 g/mol. The fraction of sp³-hybridized carbons (Fsp3) is 0.571. The van der Waals surface area contributed by atoms with Crippen LogP contribution in [0.3, 0.4) is 0 Å². The number of nitrogens with zero attached hydrogens (tertiary/aromatic N) is 1. The molecule has 1 fully saturated rings. The molecule has 0 radical (unpaired) electrons. The third-order valence-electron chi connectivity index (χ3n) is 3.48. The Morgan fingerprint density at radius 3 is 2.81 bits per heavy atom. The molecule has 1 aliphatic rings. The van der Waals surface area contributed by atoms with E-state index in [1.807, 2.05) is 13.8 Å². The zero-order valence-electron chi connectivity index (χ0n) is 12.0. The third kappa shape index (κ3) is 3.48. The van der Waals surface area contributed by atoms with Gasteiger partial charge in [-0.05, 0) is 19.5 Å². The second-order valence-corrected chi connectivity index (χ2v) is 4.85. The van der Waals surface area contributed by atoms with Crippen molar-refractivity contribution in [1.82, 2.24) is 5.32 Å². The Kier molecular flexibility index (Phi) is 5.08. The number of likely N-dealkylation sites (N-methyl/N-ethyl adjacent to an activating group) is 1. The molecule has 0 aromatic heterocycles. The summed E-state index contributed by atoms with van der Waals surface area (Å²) in [5, 5.41) is 13.9. The maximum atomic E-state index is 13.8.